The molecular formula is C24H28O. The quantitative estimate of drug-likeness (QED) is 0.676. The van der Waals surface area contributed by atoms with Crippen molar-refractivity contribution in [2.24, 2.45) is 5.92 Å². The van der Waals surface area contributed by atoms with E-state index in [1.165, 1.54) is 27.8 Å². The van der Waals surface area contributed by atoms with E-state index < -0.39 is 5.60 Å². The van der Waals surface area contributed by atoms with Gasteiger partial charge in [0.1, 0.15) is 0 Å². The summed E-state index contributed by atoms with van der Waals surface area (Å²) in [4.78, 5) is 0. The predicted molar refractivity (Wildman–Crippen MR) is 107 cm³/mol. The van der Waals surface area contributed by atoms with E-state index in [1.54, 1.807) is 0 Å². The van der Waals surface area contributed by atoms with Crippen molar-refractivity contribution in [1.29, 1.82) is 0 Å². The first kappa shape index (κ1) is 17.7. The first-order valence-electron chi connectivity index (χ1n) is 9.18. The van der Waals surface area contributed by atoms with Crippen molar-refractivity contribution in [1.82, 2.24) is 0 Å². The Labute approximate surface area is 151 Å². The highest BCUT2D eigenvalue weighted by molar-refractivity contribution is 5.86. The lowest BCUT2D eigenvalue weighted by molar-refractivity contribution is 0.0142. The zero-order valence-electron chi connectivity index (χ0n) is 15.5. The molecule has 130 valence electrons. The van der Waals surface area contributed by atoms with Crippen LogP contribution in [0.5, 0.6) is 0 Å². The van der Waals surface area contributed by atoms with Crippen molar-refractivity contribution in [3.05, 3.63) is 82.9 Å². The molecule has 0 aromatic heterocycles. The fourth-order valence-electron chi connectivity index (χ4n) is 3.76. The summed E-state index contributed by atoms with van der Waals surface area (Å²) < 4.78 is 0. The smallest absolute Gasteiger partial charge is 0.0694 e. The van der Waals surface area contributed by atoms with Gasteiger partial charge < -0.3 is 5.11 Å². The number of hydrogen-bond acceptors (Lipinski definition) is 1. The van der Waals surface area contributed by atoms with E-state index in [0.717, 1.165) is 19.3 Å². The number of hydrogen-bond donors (Lipinski definition) is 1. The summed E-state index contributed by atoms with van der Waals surface area (Å²) >= 11 is 0. The van der Waals surface area contributed by atoms with Crippen LogP contribution in [0.4, 0.5) is 0 Å². The Hall–Kier alpha value is -2.12. The second-order valence-corrected chi connectivity index (χ2v) is 7.60. The van der Waals surface area contributed by atoms with Gasteiger partial charge in [0.15, 0.2) is 0 Å². The van der Waals surface area contributed by atoms with Crippen LogP contribution in [0.2, 0.25) is 0 Å². The molecule has 3 rings (SSSR count). The molecule has 0 saturated carbocycles. The van der Waals surface area contributed by atoms with Crippen LogP contribution in [0.1, 0.15) is 50.3 Å². The maximum atomic E-state index is 11.3. The summed E-state index contributed by atoms with van der Waals surface area (Å²) in [6, 6.07) is 19.0. The van der Waals surface area contributed by atoms with Crippen LogP contribution < -0.4 is 0 Å². The van der Waals surface area contributed by atoms with E-state index in [2.05, 4.69) is 74.5 Å². The summed E-state index contributed by atoms with van der Waals surface area (Å²) in [5.41, 5.74) is 5.64. The number of benzene rings is 2. The highest BCUT2D eigenvalue weighted by Gasteiger charge is 2.36. The molecule has 0 fully saturated rings. The average Bonchev–Trinajstić information content (AvgIpc) is 2.61. The van der Waals surface area contributed by atoms with Crippen LogP contribution in [0, 0.1) is 5.92 Å². The molecule has 0 heterocycles. The molecule has 1 nitrogen and oxygen atoms in total. The Bertz CT molecular complexity index is 777. The molecule has 0 aliphatic heterocycles. The number of rotatable bonds is 5. The summed E-state index contributed by atoms with van der Waals surface area (Å²) in [7, 11) is 0. The first-order valence-corrected chi connectivity index (χ1v) is 9.18. The number of fused-ring (bicyclic) bond motifs is 1. The van der Waals surface area contributed by atoms with E-state index in [9.17, 15) is 5.11 Å². The van der Waals surface area contributed by atoms with Gasteiger partial charge >= 0.3 is 0 Å². The molecule has 1 heteroatoms. The lowest BCUT2D eigenvalue weighted by atomic mass is 9.71. The fraction of sp³-hybridized carbons (Fsp3) is 0.333. The maximum Gasteiger partial charge on any atom is 0.0694 e. The van der Waals surface area contributed by atoms with Crippen LogP contribution in [0.15, 0.2) is 66.2 Å². The zero-order chi connectivity index (χ0) is 17.9. The van der Waals surface area contributed by atoms with Gasteiger partial charge in [-0.1, -0.05) is 72.3 Å². The van der Waals surface area contributed by atoms with Gasteiger partial charge in [-0.25, -0.2) is 0 Å². The monoisotopic (exact) mass is 332 g/mol. The van der Waals surface area contributed by atoms with Gasteiger partial charge in [-0.3, -0.25) is 0 Å². The highest BCUT2D eigenvalue weighted by atomic mass is 16.3. The molecule has 1 unspecified atom stereocenters. The highest BCUT2D eigenvalue weighted by Crippen LogP contribution is 2.42. The van der Waals surface area contributed by atoms with Gasteiger partial charge in [-0.15, -0.1) is 0 Å². The molecule has 2 aromatic rings. The second kappa shape index (κ2) is 7.41. The van der Waals surface area contributed by atoms with Gasteiger partial charge in [0, 0.05) is 5.92 Å². The van der Waals surface area contributed by atoms with Gasteiger partial charge in [-0.2, -0.15) is 0 Å². The maximum absolute atomic E-state index is 11.3. The van der Waals surface area contributed by atoms with Crippen molar-refractivity contribution in [3.63, 3.8) is 0 Å². The van der Waals surface area contributed by atoms with Crippen LogP contribution in [-0.4, -0.2) is 10.7 Å². The Morgan fingerprint density at radius 1 is 1.08 bits per heavy atom. The molecule has 1 N–H and O–H groups in total. The fourth-order valence-corrected chi connectivity index (χ4v) is 3.76. The van der Waals surface area contributed by atoms with E-state index in [0.29, 0.717) is 0 Å². The van der Waals surface area contributed by atoms with Crippen LogP contribution in [-0.2, 0) is 6.42 Å². The Morgan fingerprint density at radius 3 is 2.48 bits per heavy atom. The van der Waals surface area contributed by atoms with Crippen LogP contribution in [0.3, 0.4) is 0 Å². The molecule has 0 saturated heterocycles. The normalized spacial score (nSPS) is 18.7. The second-order valence-electron chi connectivity index (χ2n) is 7.60. The Kier molecular flexibility index (Phi) is 5.24. The van der Waals surface area contributed by atoms with Gasteiger partial charge in [0.05, 0.1) is 5.60 Å². The molecule has 0 spiro atoms. The first-order chi connectivity index (χ1) is 12.0. The largest absolute Gasteiger partial charge is 0.390 e. The molecule has 0 bridgehead atoms. The third-order valence-corrected chi connectivity index (χ3v) is 5.23. The minimum Gasteiger partial charge on any atom is -0.390 e. The molecule has 0 radical (unpaired) electrons. The Morgan fingerprint density at radius 2 is 1.76 bits per heavy atom. The van der Waals surface area contributed by atoms with Crippen molar-refractivity contribution in [2.75, 3.05) is 0 Å². The molecule has 0 amide bonds. The molecule has 2 atom stereocenters. The minimum absolute atomic E-state index is 0.107. The van der Waals surface area contributed by atoms with Crippen LogP contribution >= 0.6 is 0 Å². The van der Waals surface area contributed by atoms with E-state index in [-0.39, 0.29) is 5.92 Å². The molecule has 25 heavy (non-hydrogen) atoms. The molecule has 1 aliphatic carbocycles. The van der Waals surface area contributed by atoms with Gasteiger partial charge in [-0.05, 0) is 62.3 Å². The van der Waals surface area contributed by atoms with Gasteiger partial charge in [0.25, 0.3) is 0 Å². The summed E-state index contributed by atoms with van der Waals surface area (Å²) in [6.45, 7) is 6.23. The standard InChI is InChI=1S/C24H28O/c1-18(2)10-9-15-24(3,25)23-17-21-14-8-7-13-20(21)16-22(23)19-11-5-4-6-12-19/h4-8,10-14,16,23,25H,9,15,17H2,1-3H3/t23?,24-/m1/s1. The topological polar surface area (TPSA) is 20.2 Å². The number of aliphatic hydroxyl groups is 1. The average molecular weight is 332 g/mol. The molecule has 2 aromatic carbocycles. The number of allylic oxidation sites excluding steroid dienone is 2. The minimum atomic E-state index is -0.735. The third kappa shape index (κ3) is 4.11. The summed E-state index contributed by atoms with van der Waals surface area (Å²) in [5, 5.41) is 11.3. The lowest BCUT2D eigenvalue weighted by Crippen LogP contribution is -2.37. The summed E-state index contributed by atoms with van der Waals surface area (Å²) in [6.07, 6.45) is 7.06. The van der Waals surface area contributed by atoms with Crippen molar-refractivity contribution >= 4 is 11.6 Å². The zero-order valence-corrected chi connectivity index (χ0v) is 15.5. The van der Waals surface area contributed by atoms with Gasteiger partial charge in [0.2, 0.25) is 0 Å². The lowest BCUT2D eigenvalue weighted by Gasteiger charge is -2.38. The summed E-state index contributed by atoms with van der Waals surface area (Å²) in [5.74, 6) is 0.107. The Balaban J connectivity index is 1.98. The molecule has 1 aliphatic rings. The van der Waals surface area contributed by atoms with E-state index in [1.807, 2.05) is 13.0 Å². The van der Waals surface area contributed by atoms with E-state index in [4.69, 9.17) is 0 Å². The van der Waals surface area contributed by atoms with Crippen LogP contribution in [0.25, 0.3) is 11.6 Å². The third-order valence-electron chi connectivity index (χ3n) is 5.23. The van der Waals surface area contributed by atoms with Crippen molar-refractivity contribution in [2.45, 2.75) is 45.6 Å². The van der Waals surface area contributed by atoms with E-state index >= 15 is 0 Å². The predicted octanol–water partition coefficient (Wildman–Crippen LogP) is 5.90. The molecular weight excluding hydrogens is 304 g/mol. The van der Waals surface area contributed by atoms with Crippen molar-refractivity contribution in [3.8, 4) is 0 Å². The van der Waals surface area contributed by atoms with Crippen molar-refractivity contribution < 1.29 is 5.11 Å². The SMILES string of the molecule is CC(C)=CCC[C@@](C)(O)C1Cc2ccccc2C=C1c1ccccc1.